The van der Waals surface area contributed by atoms with Gasteiger partial charge in [0.05, 0.1) is 11.7 Å². The molecule has 34 heavy (non-hydrogen) atoms. The number of nitrogens with one attached hydrogen (secondary N) is 1. The summed E-state index contributed by atoms with van der Waals surface area (Å²) in [5.74, 6) is -0.357. The lowest BCUT2D eigenvalue weighted by Crippen LogP contribution is -2.44. The molecule has 0 unspecified atom stereocenters. The maximum Gasteiger partial charge on any atom is 0.340 e. The standard InChI is InChI=1S/C25H34N2O6S/c1-17(2)15-27(25(29)26-18(3)4)16-20-11-13-21(14-12-20)33-34(30,31)23-10-8-7-9-22(23)24(28)32-19(5)6/h7-14,17-19H,15-16H2,1-6H3,(H,26,29). The number of urea groups is 1. The summed E-state index contributed by atoms with van der Waals surface area (Å²) in [5.41, 5.74) is 0.735. The molecule has 0 radical (unpaired) electrons. The average molecular weight is 491 g/mol. The molecule has 2 aromatic rings. The lowest BCUT2D eigenvalue weighted by atomic mass is 10.1. The maximum absolute atomic E-state index is 12.9. The molecule has 9 heteroatoms. The predicted octanol–water partition coefficient (Wildman–Crippen LogP) is 4.60. The van der Waals surface area contributed by atoms with Crippen LogP contribution in [0.1, 0.15) is 57.5 Å². The normalized spacial score (nSPS) is 11.6. The summed E-state index contributed by atoms with van der Waals surface area (Å²) < 4.78 is 36.2. The highest BCUT2D eigenvalue weighted by Crippen LogP contribution is 2.23. The molecule has 0 atom stereocenters. The fourth-order valence-corrected chi connectivity index (χ4v) is 4.29. The number of carbonyl (C=O) groups excluding carboxylic acids is 2. The molecule has 2 rings (SSSR count). The number of rotatable bonds is 10. The first-order chi connectivity index (χ1) is 15.9. The van der Waals surface area contributed by atoms with Gasteiger partial charge >= 0.3 is 22.1 Å². The molecule has 0 fully saturated rings. The van der Waals surface area contributed by atoms with Crippen molar-refractivity contribution in [3.05, 3.63) is 59.7 Å². The first-order valence-electron chi connectivity index (χ1n) is 11.3. The molecule has 0 aliphatic rings. The van der Waals surface area contributed by atoms with Gasteiger partial charge in [-0.3, -0.25) is 0 Å². The molecular formula is C25H34N2O6S. The van der Waals surface area contributed by atoms with Crippen LogP contribution in [0.5, 0.6) is 5.75 Å². The van der Waals surface area contributed by atoms with Crippen molar-refractivity contribution in [1.29, 1.82) is 0 Å². The summed E-state index contributed by atoms with van der Waals surface area (Å²) in [6.45, 7) is 12.2. The van der Waals surface area contributed by atoms with Crippen LogP contribution in [0.3, 0.4) is 0 Å². The van der Waals surface area contributed by atoms with E-state index in [-0.39, 0.29) is 34.2 Å². The van der Waals surface area contributed by atoms with E-state index in [1.165, 1.54) is 30.3 Å². The van der Waals surface area contributed by atoms with Gasteiger partial charge in [-0.2, -0.15) is 8.42 Å². The van der Waals surface area contributed by atoms with Gasteiger partial charge < -0.3 is 19.1 Å². The molecule has 0 aliphatic carbocycles. The zero-order valence-corrected chi connectivity index (χ0v) is 21.4. The van der Waals surface area contributed by atoms with E-state index in [0.29, 0.717) is 13.1 Å². The smallest absolute Gasteiger partial charge is 0.340 e. The van der Waals surface area contributed by atoms with Gasteiger partial charge in [0.2, 0.25) is 0 Å². The minimum absolute atomic E-state index is 0.0174. The lowest BCUT2D eigenvalue weighted by Gasteiger charge is -2.26. The zero-order valence-electron chi connectivity index (χ0n) is 20.6. The second-order valence-electron chi connectivity index (χ2n) is 9.01. The molecular weight excluding hydrogens is 456 g/mol. The van der Waals surface area contributed by atoms with E-state index in [9.17, 15) is 18.0 Å². The third kappa shape index (κ3) is 8.06. The van der Waals surface area contributed by atoms with E-state index >= 15 is 0 Å². The quantitative estimate of drug-likeness (QED) is 0.386. The van der Waals surface area contributed by atoms with Crippen molar-refractivity contribution < 1.29 is 26.9 Å². The van der Waals surface area contributed by atoms with Gasteiger partial charge in [0.15, 0.2) is 0 Å². The number of amides is 2. The van der Waals surface area contributed by atoms with Crippen LogP contribution in [-0.4, -0.2) is 44.0 Å². The SMILES string of the molecule is CC(C)CN(Cc1ccc(OS(=O)(=O)c2ccccc2C(=O)OC(C)C)cc1)C(=O)NC(C)C. The van der Waals surface area contributed by atoms with Gasteiger partial charge in [-0.1, -0.05) is 38.1 Å². The van der Waals surface area contributed by atoms with Crippen LogP contribution in [-0.2, 0) is 21.4 Å². The summed E-state index contributed by atoms with van der Waals surface area (Å²) >= 11 is 0. The summed E-state index contributed by atoms with van der Waals surface area (Å²) in [7, 11) is -4.28. The van der Waals surface area contributed by atoms with E-state index in [1.807, 2.05) is 27.7 Å². The lowest BCUT2D eigenvalue weighted by molar-refractivity contribution is 0.0373. The van der Waals surface area contributed by atoms with E-state index in [2.05, 4.69) is 5.32 Å². The van der Waals surface area contributed by atoms with Crippen molar-refractivity contribution >= 4 is 22.1 Å². The Morgan fingerprint density at radius 2 is 1.56 bits per heavy atom. The fraction of sp³-hybridized carbons (Fsp3) is 0.440. The Morgan fingerprint density at radius 3 is 2.12 bits per heavy atom. The first kappa shape index (κ1) is 27.2. The van der Waals surface area contributed by atoms with Crippen LogP contribution in [0, 0.1) is 5.92 Å². The van der Waals surface area contributed by atoms with E-state index in [1.54, 1.807) is 36.9 Å². The topological polar surface area (TPSA) is 102 Å². The summed E-state index contributed by atoms with van der Waals surface area (Å²) in [5, 5.41) is 2.90. The Balaban J connectivity index is 2.19. The Morgan fingerprint density at radius 1 is 0.941 bits per heavy atom. The second kappa shape index (κ2) is 11.9. The molecule has 0 aliphatic heterocycles. The summed E-state index contributed by atoms with van der Waals surface area (Å²) in [6, 6.07) is 12.1. The molecule has 0 saturated heterocycles. The van der Waals surface area contributed by atoms with Crippen LogP contribution in [0.25, 0.3) is 0 Å². The Labute approximate surface area is 202 Å². The average Bonchev–Trinajstić information content (AvgIpc) is 2.73. The molecule has 0 saturated carbocycles. The number of carbonyl (C=O) groups is 2. The van der Waals surface area contributed by atoms with Crippen molar-refractivity contribution in [2.24, 2.45) is 5.92 Å². The van der Waals surface area contributed by atoms with Gasteiger partial charge in [0, 0.05) is 19.1 Å². The van der Waals surface area contributed by atoms with Crippen molar-refractivity contribution in [2.45, 2.75) is 65.1 Å². The Bertz CT molecular complexity index is 1080. The minimum Gasteiger partial charge on any atom is -0.459 e. The van der Waals surface area contributed by atoms with Crippen LogP contribution in [0.2, 0.25) is 0 Å². The van der Waals surface area contributed by atoms with Crippen LogP contribution in [0.4, 0.5) is 4.79 Å². The van der Waals surface area contributed by atoms with E-state index in [4.69, 9.17) is 8.92 Å². The highest BCUT2D eigenvalue weighted by Gasteiger charge is 2.25. The minimum atomic E-state index is -4.28. The van der Waals surface area contributed by atoms with Gasteiger partial charge in [-0.25, -0.2) is 9.59 Å². The number of hydrogen-bond donors (Lipinski definition) is 1. The largest absolute Gasteiger partial charge is 0.459 e. The third-order valence-electron chi connectivity index (χ3n) is 4.51. The fourth-order valence-electron chi connectivity index (χ4n) is 3.17. The number of ether oxygens (including phenoxy) is 1. The van der Waals surface area contributed by atoms with Gasteiger partial charge in [-0.15, -0.1) is 0 Å². The zero-order chi connectivity index (χ0) is 25.5. The molecule has 2 amide bonds. The van der Waals surface area contributed by atoms with Crippen molar-refractivity contribution in [3.8, 4) is 5.75 Å². The number of esters is 1. The number of nitrogens with zero attached hydrogens (tertiary/aromatic N) is 1. The highest BCUT2D eigenvalue weighted by atomic mass is 32.2. The molecule has 186 valence electrons. The van der Waals surface area contributed by atoms with Crippen LogP contribution >= 0.6 is 0 Å². The number of hydrogen-bond acceptors (Lipinski definition) is 6. The van der Waals surface area contributed by atoms with Crippen molar-refractivity contribution in [1.82, 2.24) is 10.2 Å². The van der Waals surface area contributed by atoms with Gasteiger partial charge in [-0.05, 0) is 63.4 Å². The van der Waals surface area contributed by atoms with Gasteiger partial charge in [0.1, 0.15) is 10.6 Å². The molecule has 1 N–H and O–H groups in total. The molecule has 0 spiro atoms. The first-order valence-corrected chi connectivity index (χ1v) is 12.7. The second-order valence-corrected chi connectivity index (χ2v) is 10.5. The molecule has 2 aromatic carbocycles. The van der Waals surface area contributed by atoms with Crippen LogP contribution < -0.4 is 9.50 Å². The van der Waals surface area contributed by atoms with Crippen LogP contribution in [0.15, 0.2) is 53.4 Å². The molecule has 8 nitrogen and oxygen atoms in total. The molecule has 0 aromatic heterocycles. The van der Waals surface area contributed by atoms with Crippen molar-refractivity contribution in [2.75, 3.05) is 6.54 Å². The van der Waals surface area contributed by atoms with Crippen molar-refractivity contribution in [3.63, 3.8) is 0 Å². The maximum atomic E-state index is 12.9. The summed E-state index contributed by atoms with van der Waals surface area (Å²) in [6.07, 6.45) is -0.394. The Hall–Kier alpha value is -3.07. The Kier molecular flexibility index (Phi) is 9.49. The molecule has 0 bridgehead atoms. The van der Waals surface area contributed by atoms with Gasteiger partial charge in [0.25, 0.3) is 0 Å². The third-order valence-corrected chi connectivity index (χ3v) is 5.81. The monoisotopic (exact) mass is 490 g/mol. The highest BCUT2D eigenvalue weighted by molar-refractivity contribution is 7.87. The van der Waals surface area contributed by atoms with E-state index in [0.717, 1.165) is 5.56 Å². The predicted molar refractivity (Wildman–Crippen MR) is 130 cm³/mol. The summed E-state index contributed by atoms with van der Waals surface area (Å²) in [4.78, 5) is 26.3. The molecule has 0 heterocycles. The van der Waals surface area contributed by atoms with E-state index < -0.39 is 22.2 Å². The number of benzene rings is 2.